The highest BCUT2D eigenvalue weighted by molar-refractivity contribution is 7.10. The smallest absolute Gasteiger partial charge is 0.241 e. The van der Waals surface area contributed by atoms with Crippen LogP contribution in [-0.2, 0) is 4.79 Å². The Kier molecular flexibility index (Phi) is 3.34. The molecule has 2 bridgehead atoms. The molecule has 1 aromatic heterocycles. The molecule has 0 aromatic carbocycles. The predicted octanol–water partition coefficient (Wildman–Crippen LogP) is 3.39. The highest BCUT2D eigenvalue weighted by Gasteiger charge is 2.48. The molecule has 114 valence electrons. The van der Waals surface area contributed by atoms with Crippen LogP contribution >= 0.6 is 11.3 Å². The summed E-state index contributed by atoms with van der Waals surface area (Å²) in [4.78, 5) is 16.1. The molecule has 4 rings (SSSR count). The van der Waals surface area contributed by atoms with Gasteiger partial charge in [0.1, 0.15) is 6.17 Å². The van der Waals surface area contributed by atoms with Crippen LogP contribution in [0.5, 0.6) is 0 Å². The highest BCUT2D eigenvalue weighted by atomic mass is 32.1. The van der Waals surface area contributed by atoms with Gasteiger partial charge in [0.15, 0.2) is 0 Å². The van der Waals surface area contributed by atoms with Crippen molar-refractivity contribution in [2.45, 2.75) is 57.8 Å². The summed E-state index contributed by atoms with van der Waals surface area (Å²) in [7, 11) is 0. The first-order chi connectivity index (χ1) is 10.1. The van der Waals surface area contributed by atoms with Crippen molar-refractivity contribution in [3.05, 3.63) is 22.4 Å². The van der Waals surface area contributed by atoms with Gasteiger partial charge in [-0.1, -0.05) is 12.5 Å². The number of carbonyl (C=O) groups excluding carboxylic acids is 1. The van der Waals surface area contributed by atoms with Crippen molar-refractivity contribution in [2.75, 3.05) is 0 Å². The van der Waals surface area contributed by atoms with E-state index in [2.05, 4.69) is 34.7 Å². The summed E-state index contributed by atoms with van der Waals surface area (Å²) in [6, 6.07) is 4.53. The van der Waals surface area contributed by atoms with E-state index in [1.807, 2.05) is 6.92 Å². The van der Waals surface area contributed by atoms with Crippen molar-refractivity contribution in [1.82, 2.24) is 10.2 Å². The molecule has 1 aliphatic heterocycles. The average molecular weight is 304 g/mol. The third-order valence-electron chi connectivity index (χ3n) is 5.97. The minimum atomic E-state index is -0.0573. The van der Waals surface area contributed by atoms with Gasteiger partial charge in [-0.3, -0.25) is 10.1 Å². The molecule has 1 amide bonds. The summed E-state index contributed by atoms with van der Waals surface area (Å²) >= 11 is 1.75. The van der Waals surface area contributed by atoms with E-state index in [1.54, 1.807) is 11.3 Å². The zero-order chi connectivity index (χ0) is 14.6. The second-order valence-corrected chi connectivity index (χ2v) is 8.11. The number of hydrogen-bond donors (Lipinski definition) is 1. The van der Waals surface area contributed by atoms with Gasteiger partial charge >= 0.3 is 0 Å². The van der Waals surface area contributed by atoms with Gasteiger partial charge in [-0.05, 0) is 62.3 Å². The predicted molar refractivity (Wildman–Crippen MR) is 84.9 cm³/mol. The molecule has 2 heterocycles. The molecule has 0 spiro atoms. The minimum Gasteiger partial charge on any atom is -0.318 e. The second-order valence-electron chi connectivity index (χ2n) is 7.13. The van der Waals surface area contributed by atoms with Gasteiger partial charge < -0.3 is 4.90 Å². The Morgan fingerprint density at radius 2 is 2.24 bits per heavy atom. The molecule has 2 aliphatic carbocycles. The van der Waals surface area contributed by atoms with E-state index >= 15 is 0 Å². The monoisotopic (exact) mass is 304 g/mol. The number of nitrogens with zero attached hydrogens (tertiary/aromatic N) is 1. The Bertz CT molecular complexity index is 529. The maximum absolute atomic E-state index is 12.7. The van der Waals surface area contributed by atoms with Crippen LogP contribution in [0, 0.1) is 17.8 Å². The average Bonchev–Trinajstić information content (AvgIpc) is 3.23. The number of nitrogens with one attached hydrogen (secondary N) is 1. The van der Waals surface area contributed by atoms with E-state index in [4.69, 9.17) is 0 Å². The number of hydrogen-bond acceptors (Lipinski definition) is 3. The summed E-state index contributed by atoms with van der Waals surface area (Å²) in [5.41, 5.74) is 0. The lowest BCUT2D eigenvalue weighted by molar-refractivity contribution is -0.133. The van der Waals surface area contributed by atoms with E-state index in [0.717, 1.165) is 11.8 Å². The fourth-order valence-electron chi connectivity index (χ4n) is 4.93. The van der Waals surface area contributed by atoms with Gasteiger partial charge in [-0.25, -0.2) is 0 Å². The van der Waals surface area contributed by atoms with E-state index in [1.165, 1.54) is 30.6 Å². The van der Waals surface area contributed by atoms with Gasteiger partial charge in [0.05, 0.1) is 6.04 Å². The van der Waals surface area contributed by atoms with Crippen LogP contribution in [0.25, 0.3) is 0 Å². The molecule has 1 N–H and O–H groups in total. The van der Waals surface area contributed by atoms with Crippen LogP contribution in [0.15, 0.2) is 17.5 Å². The summed E-state index contributed by atoms with van der Waals surface area (Å²) in [6.45, 7) is 4.28. The molecular weight excluding hydrogens is 280 g/mol. The standard InChI is InChI=1S/C17H24N2OS/c1-10-17(20)19(16(18-10)15-4-3-7-21-15)11(2)14-9-12-5-6-13(14)8-12/h3-4,7,10-14,16,18H,5-6,8-9H2,1-2H3. The normalized spacial score (nSPS) is 40.2. The molecule has 1 aromatic rings. The van der Waals surface area contributed by atoms with Crippen LogP contribution in [0.1, 0.15) is 50.6 Å². The van der Waals surface area contributed by atoms with Gasteiger partial charge in [0, 0.05) is 10.9 Å². The summed E-state index contributed by atoms with van der Waals surface area (Å²) < 4.78 is 0. The van der Waals surface area contributed by atoms with Gasteiger partial charge in [0.25, 0.3) is 0 Å². The highest BCUT2D eigenvalue weighted by Crippen LogP contribution is 2.51. The third kappa shape index (κ3) is 2.15. The van der Waals surface area contributed by atoms with E-state index in [-0.39, 0.29) is 18.1 Å². The van der Waals surface area contributed by atoms with Crippen LogP contribution in [0.2, 0.25) is 0 Å². The number of fused-ring (bicyclic) bond motifs is 2. The number of carbonyl (C=O) groups is 1. The number of thiophene rings is 1. The lowest BCUT2D eigenvalue weighted by Gasteiger charge is -2.37. The van der Waals surface area contributed by atoms with Crippen molar-refractivity contribution < 1.29 is 4.79 Å². The first kappa shape index (κ1) is 13.8. The molecular formula is C17H24N2OS. The van der Waals surface area contributed by atoms with Gasteiger partial charge in [0.2, 0.25) is 5.91 Å². The fraction of sp³-hybridized carbons (Fsp3) is 0.706. The van der Waals surface area contributed by atoms with Crippen molar-refractivity contribution in [3.63, 3.8) is 0 Å². The quantitative estimate of drug-likeness (QED) is 0.928. The minimum absolute atomic E-state index is 0.0573. The zero-order valence-electron chi connectivity index (χ0n) is 12.8. The van der Waals surface area contributed by atoms with Crippen molar-refractivity contribution >= 4 is 17.2 Å². The Balaban J connectivity index is 1.60. The van der Waals surface area contributed by atoms with Crippen molar-refractivity contribution in [3.8, 4) is 0 Å². The van der Waals surface area contributed by atoms with Crippen LogP contribution < -0.4 is 5.32 Å². The second kappa shape index (κ2) is 5.10. The van der Waals surface area contributed by atoms with Crippen LogP contribution in [-0.4, -0.2) is 22.9 Å². The third-order valence-corrected chi connectivity index (χ3v) is 6.90. The van der Waals surface area contributed by atoms with Crippen molar-refractivity contribution in [2.24, 2.45) is 17.8 Å². The Morgan fingerprint density at radius 3 is 2.86 bits per heavy atom. The molecule has 4 heteroatoms. The molecule has 21 heavy (non-hydrogen) atoms. The SMILES string of the molecule is CC1NC(c2cccs2)N(C(C)C2CC3CCC2C3)C1=O. The lowest BCUT2D eigenvalue weighted by atomic mass is 9.83. The van der Waals surface area contributed by atoms with Crippen LogP contribution in [0.4, 0.5) is 0 Å². The summed E-state index contributed by atoms with van der Waals surface area (Å²) in [5, 5.41) is 5.59. The molecule has 3 fully saturated rings. The van der Waals surface area contributed by atoms with E-state index < -0.39 is 0 Å². The van der Waals surface area contributed by atoms with Gasteiger partial charge in [-0.15, -0.1) is 11.3 Å². The topological polar surface area (TPSA) is 32.3 Å². The molecule has 3 nitrogen and oxygen atoms in total. The number of rotatable bonds is 3. The Hall–Kier alpha value is -0.870. The van der Waals surface area contributed by atoms with Crippen molar-refractivity contribution in [1.29, 1.82) is 0 Å². The maximum Gasteiger partial charge on any atom is 0.241 e. The molecule has 3 aliphatic rings. The van der Waals surface area contributed by atoms with E-state index in [9.17, 15) is 4.79 Å². The molecule has 6 atom stereocenters. The zero-order valence-corrected chi connectivity index (χ0v) is 13.6. The summed E-state index contributed by atoms with van der Waals surface area (Å²) in [5.74, 6) is 2.79. The Labute approximate surface area is 130 Å². The first-order valence-corrected chi connectivity index (χ1v) is 9.14. The van der Waals surface area contributed by atoms with E-state index in [0.29, 0.717) is 12.0 Å². The van der Waals surface area contributed by atoms with Gasteiger partial charge in [-0.2, -0.15) is 0 Å². The largest absolute Gasteiger partial charge is 0.318 e. The molecule has 2 saturated carbocycles. The lowest BCUT2D eigenvalue weighted by Crippen LogP contribution is -2.43. The molecule has 1 saturated heterocycles. The fourth-order valence-corrected chi connectivity index (χ4v) is 5.71. The molecule has 6 unspecified atom stereocenters. The Morgan fingerprint density at radius 1 is 1.38 bits per heavy atom. The van der Waals surface area contributed by atoms with Crippen LogP contribution in [0.3, 0.4) is 0 Å². The molecule has 0 radical (unpaired) electrons. The first-order valence-electron chi connectivity index (χ1n) is 8.26. The summed E-state index contributed by atoms with van der Waals surface area (Å²) in [6.07, 6.45) is 5.63. The maximum atomic E-state index is 12.7. The number of amides is 1.